The number of hydrogen-bond donors (Lipinski definition) is 1. The molecule has 0 spiro atoms. The van der Waals surface area contributed by atoms with Gasteiger partial charge in [-0.25, -0.2) is 0 Å². The highest BCUT2D eigenvalue weighted by molar-refractivity contribution is 8.03. The maximum Gasteiger partial charge on any atom is 0.0762 e. The van der Waals surface area contributed by atoms with Crippen molar-refractivity contribution in [2.45, 2.75) is 36.7 Å². The molecule has 0 saturated heterocycles. The summed E-state index contributed by atoms with van der Waals surface area (Å²) in [6.45, 7) is 6.45. The second kappa shape index (κ2) is 4.63. The first-order valence-corrected chi connectivity index (χ1v) is 7.53. The molecule has 1 unspecified atom stereocenters. The van der Waals surface area contributed by atoms with Gasteiger partial charge in [-0.3, -0.25) is 0 Å². The third-order valence-electron chi connectivity index (χ3n) is 2.69. The van der Waals surface area contributed by atoms with Crippen LogP contribution in [-0.2, 0) is 0 Å². The molecule has 1 aliphatic rings. The summed E-state index contributed by atoms with van der Waals surface area (Å²) in [5, 5.41) is 9.58. The molecule has 0 saturated carbocycles. The third kappa shape index (κ3) is 2.76. The first-order chi connectivity index (χ1) is 7.48. The van der Waals surface area contributed by atoms with Crippen molar-refractivity contribution in [3.05, 3.63) is 23.8 Å². The molecule has 0 fully saturated rings. The molecule has 1 aromatic carbocycles. The zero-order valence-electron chi connectivity index (χ0n) is 9.99. The molecule has 3 heteroatoms. The maximum absolute atomic E-state index is 9.58. The molecule has 1 atom stereocenters. The minimum Gasteiger partial charge on any atom is -0.389 e. The van der Waals surface area contributed by atoms with Crippen LogP contribution in [0.5, 0.6) is 0 Å². The Kier molecular flexibility index (Phi) is 3.57. The Balaban J connectivity index is 2.29. The molecule has 1 nitrogen and oxygen atoms in total. The lowest BCUT2D eigenvalue weighted by Crippen LogP contribution is -2.16. The highest BCUT2D eigenvalue weighted by atomic mass is 32.2. The standard InChI is InChI=1S/C13H18OS2/c1-9(14)10-4-5-11-12(6-10)16-8-13(2,3)7-15-11/h4-6,9,14H,7-8H2,1-3H3. The Morgan fingerprint density at radius 3 is 2.44 bits per heavy atom. The number of benzene rings is 1. The van der Waals surface area contributed by atoms with Gasteiger partial charge >= 0.3 is 0 Å². The average molecular weight is 254 g/mol. The molecular weight excluding hydrogens is 236 g/mol. The molecule has 0 aromatic heterocycles. The molecule has 1 aliphatic heterocycles. The van der Waals surface area contributed by atoms with E-state index in [2.05, 4.69) is 26.0 Å². The third-order valence-corrected chi connectivity index (χ3v) is 5.98. The average Bonchev–Trinajstić information content (AvgIpc) is 2.38. The van der Waals surface area contributed by atoms with Crippen LogP contribution < -0.4 is 0 Å². The molecule has 16 heavy (non-hydrogen) atoms. The topological polar surface area (TPSA) is 20.2 Å². The van der Waals surface area contributed by atoms with Crippen LogP contribution in [0, 0.1) is 5.41 Å². The van der Waals surface area contributed by atoms with Gasteiger partial charge in [0.2, 0.25) is 0 Å². The monoisotopic (exact) mass is 254 g/mol. The Labute approximate surface area is 106 Å². The predicted molar refractivity (Wildman–Crippen MR) is 72.3 cm³/mol. The zero-order valence-corrected chi connectivity index (χ0v) is 11.6. The van der Waals surface area contributed by atoms with Gasteiger partial charge in [-0.1, -0.05) is 19.9 Å². The fourth-order valence-electron chi connectivity index (χ4n) is 1.60. The number of rotatable bonds is 1. The van der Waals surface area contributed by atoms with Gasteiger partial charge in [-0.2, -0.15) is 0 Å². The quantitative estimate of drug-likeness (QED) is 0.819. The van der Waals surface area contributed by atoms with Crippen LogP contribution in [0.2, 0.25) is 0 Å². The van der Waals surface area contributed by atoms with E-state index in [0.29, 0.717) is 5.41 Å². The maximum atomic E-state index is 9.58. The van der Waals surface area contributed by atoms with E-state index in [9.17, 15) is 5.11 Å². The lowest BCUT2D eigenvalue weighted by Gasteiger charge is -2.19. The first-order valence-electron chi connectivity index (χ1n) is 5.55. The summed E-state index contributed by atoms with van der Waals surface area (Å²) in [5.41, 5.74) is 1.41. The Morgan fingerprint density at radius 2 is 1.81 bits per heavy atom. The fourth-order valence-corrected chi connectivity index (χ4v) is 4.18. The van der Waals surface area contributed by atoms with Crippen molar-refractivity contribution in [2.75, 3.05) is 11.5 Å². The molecule has 1 N–H and O–H groups in total. The van der Waals surface area contributed by atoms with Crippen molar-refractivity contribution in [3.8, 4) is 0 Å². The summed E-state index contributed by atoms with van der Waals surface area (Å²) in [6.07, 6.45) is -0.368. The molecule has 0 radical (unpaired) electrons. The SMILES string of the molecule is CC(O)c1ccc2c(c1)SCC(C)(C)CS2. The van der Waals surface area contributed by atoms with Crippen molar-refractivity contribution in [3.63, 3.8) is 0 Å². The lowest BCUT2D eigenvalue weighted by molar-refractivity contribution is 0.199. The number of aliphatic hydroxyl groups excluding tert-OH is 1. The van der Waals surface area contributed by atoms with Gasteiger partial charge in [-0.05, 0) is 30.0 Å². The van der Waals surface area contributed by atoms with Crippen LogP contribution in [0.15, 0.2) is 28.0 Å². The molecule has 1 heterocycles. The zero-order chi connectivity index (χ0) is 11.8. The van der Waals surface area contributed by atoms with Crippen molar-refractivity contribution in [1.29, 1.82) is 0 Å². The van der Waals surface area contributed by atoms with E-state index in [4.69, 9.17) is 0 Å². The summed E-state index contributed by atoms with van der Waals surface area (Å²) in [4.78, 5) is 2.69. The summed E-state index contributed by atoms with van der Waals surface area (Å²) in [5.74, 6) is 2.32. The van der Waals surface area contributed by atoms with E-state index in [-0.39, 0.29) is 6.10 Å². The molecule has 0 amide bonds. The van der Waals surface area contributed by atoms with E-state index in [0.717, 1.165) is 11.3 Å². The lowest BCUT2D eigenvalue weighted by atomic mass is 10.0. The Bertz CT molecular complexity index is 386. The minimum atomic E-state index is -0.368. The van der Waals surface area contributed by atoms with Gasteiger partial charge in [0.15, 0.2) is 0 Å². The Morgan fingerprint density at radius 1 is 1.19 bits per heavy atom. The van der Waals surface area contributed by atoms with Crippen LogP contribution in [-0.4, -0.2) is 16.6 Å². The highest BCUT2D eigenvalue weighted by Crippen LogP contribution is 2.42. The van der Waals surface area contributed by atoms with Gasteiger partial charge in [0.25, 0.3) is 0 Å². The number of fused-ring (bicyclic) bond motifs is 1. The second-order valence-electron chi connectivity index (χ2n) is 5.12. The Hall–Kier alpha value is -0.120. The van der Waals surface area contributed by atoms with Crippen LogP contribution in [0.4, 0.5) is 0 Å². The smallest absolute Gasteiger partial charge is 0.0762 e. The van der Waals surface area contributed by atoms with Crippen LogP contribution in [0.25, 0.3) is 0 Å². The van der Waals surface area contributed by atoms with Crippen LogP contribution >= 0.6 is 23.5 Å². The van der Waals surface area contributed by atoms with Crippen LogP contribution in [0.1, 0.15) is 32.4 Å². The van der Waals surface area contributed by atoms with Crippen LogP contribution in [0.3, 0.4) is 0 Å². The van der Waals surface area contributed by atoms with Crippen molar-refractivity contribution in [1.82, 2.24) is 0 Å². The number of thioether (sulfide) groups is 2. The summed E-state index contributed by atoms with van der Waals surface area (Å²) < 4.78 is 0. The molecule has 2 rings (SSSR count). The van der Waals surface area contributed by atoms with E-state index >= 15 is 0 Å². The minimum absolute atomic E-state index is 0.368. The van der Waals surface area contributed by atoms with Gasteiger partial charge < -0.3 is 5.11 Å². The van der Waals surface area contributed by atoms with E-state index < -0.39 is 0 Å². The molecule has 0 aliphatic carbocycles. The van der Waals surface area contributed by atoms with E-state index in [1.54, 1.807) is 0 Å². The fraction of sp³-hybridized carbons (Fsp3) is 0.538. The van der Waals surface area contributed by atoms with Gasteiger partial charge in [0, 0.05) is 21.3 Å². The second-order valence-corrected chi connectivity index (χ2v) is 7.16. The van der Waals surface area contributed by atoms with Crippen molar-refractivity contribution < 1.29 is 5.11 Å². The molecule has 0 bridgehead atoms. The van der Waals surface area contributed by atoms with Gasteiger partial charge in [-0.15, -0.1) is 23.5 Å². The molecule has 1 aromatic rings. The first kappa shape index (κ1) is 12.3. The van der Waals surface area contributed by atoms with Gasteiger partial charge in [0.05, 0.1) is 6.10 Å². The predicted octanol–water partition coefficient (Wildman–Crippen LogP) is 3.96. The van der Waals surface area contributed by atoms with Crippen molar-refractivity contribution in [2.24, 2.45) is 5.41 Å². The van der Waals surface area contributed by atoms with E-state index in [1.165, 1.54) is 15.5 Å². The summed E-state index contributed by atoms with van der Waals surface area (Å²) in [6, 6.07) is 6.32. The molecule has 88 valence electrons. The molecular formula is C13H18OS2. The summed E-state index contributed by atoms with van der Waals surface area (Å²) in [7, 11) is 0. The van der Waals surface area contributed by atoms with E-state index in [1.807, 2.05) is 36.5 Å². The summed E-state index contributed by atoms with van der Waals surface area (Å²) >= 11 is 3.85. The normalized spacial score (nSPS) is 21.0. The largest absolute Gasteiger partial charge is 0.389 e. The van der Waals surface area contributed by atoms with Gasteiger partial charge in [0.1, 0.15) is 0 Å². The number of hydrogen-bond acceptors (Lipinski definition) is 3. The highest BCUT2D eigenvalue weighted by Gasteiger charge is 2.23. The van der Waals surface area contributed by atoms with Crippen molar-refractivity contribution >= 4 is 23.5 Å². The number of aliphatic hydroxyl groups is 1.